The monoisotopic (exact) mass is 418 g/mol. The Morgan fingerprint density at radius 1 is 1.03 bits per heavy atom. The van der Waals surface area contributed by atoms with Crippen LogP contribution in [-0.4, -0.2) is 39.6 Å². The van der Waals surface area contributed by atoms with E-state index in [1.165, 1.54) is 6.92 Å². The summed E-state index contributed by atoms with van der Waals surface area (Å²) < 4.78 is 1.76. The Bertz CT molecular complexity index is 1040. The number of rotatable bonds is 8. The third-order valence-corrected chi connectivity index (χ3v) is 5.22. The van der Waals surface area contributed by atoms with Gasteiger partial charge in [0.05, 0.1) is 17.9 Å². The zero-order valence-corrected chi connectivity index (χ0v) is 18.7. The zero-order chi connectivity index (χ0) is 22.4. The third kappa shape index (κ3) is 5.40. The number of unbranched alkanes of at least 4 members (excludes halogenated alkanes) is 1. The summed E-state index contributed by atoms with van der Waals surface area (Å²) in [5, 5.41) is 7.77. The number of hydrogen-bond donors (Lipinski definition) is 1. The van der Waals surface area contributed by atoms with Crippen LogP contribution in [0.25, 0.3) is 16.8 Å². The number of carbonyl (C=O) groups is 2. The highest BCUT2D eigenvalue weighted by Gasteiger charge is 2.21. The summed E-state index contributed by atoms with van der Waals surface area (Å²) in [4.78, 5) is 26.5. The normalized spacial score (nSPS) is 10.7. The molecule has 3 rings (SSSR count). The van der Waals surface area contributed by atoms with Crippen LogP contribution in [0.3, 0.4) is 0 Å². The quantitative estimate of drug-likeness (QED) is 0.574. The molecule has 0 aliphatic carbocycles. The van der Waals surface area contributed by atoms with Crippen LogP contribution in [0, 0.1) is 13.8 Å². The van der Waals surface area contributed by atoms with Crippen LogP contribution in [0.2, 0.25) is 0 Å². The number of benzene rings is 2. The van der Waals surface area contributed by atoms with Crippen molar-refractivity contribution in [3.8, 4) is 16.8 Å². The Balaban J connectivity index is 1.99. The van der Waals surface area contributed by atoms with Gasteiger partial charge in [-0.25, -0.2) is 4.68 Å². The molecule has 0 bridgehead atoms. The second kappa shape index (κ2) is 10.1. The zero-order valence-electron chi connectivity index (χ0n) is 18.7. The molecule has 0 unspecified atom stereocenters. The molecule has 1 N–H and O–H groups in total. The first-order valence-electron chi connectivity index (χ1n) is 10.7. The number of nitrogens with zero attached hydrogens (tertiary/aromatic N) is 3. The average molecular weight is 419 g/mol. The van der Waals surface area contributed by atoms with Crippen molar-refractivity contribution in [1.29, 1.82) is 0 Å². The molecule has 2 amide bonds. The molecule has 31 heavy (non-hydrogen) atoms. The molecular weight excluding hydrogens is 388 g/mol. The van der Waals surface area contributed by atoms with Crippen molar-refractivity contribution in [3.63, 3.8) is 0 Å². The molecule has 3 aromatic rings. The van der Waals surface area contributed by atoms with Crippen LogP contribution in [0.4, 0.5) is 5.82 Å². The van der Waals surface area contributed by atoms with E-state index in [4.69, 9.17) is 5.10 Å². The predicted molar refractivity (Wildman–Crippen MR) is 124 cm³/mol. The lowest BCUT2D eigenvalue weighted by Crippen LogP contribution is -2.37. The highest BCUT2D eigenvalue weighted by molar-refractivity contribution is 5.97. The van der Waals surface area contributed by atoms with Gasteiger partial charge in [0, 0.05) is 19.0 Å². The van der Waals surface area contributed by atoms with Gasteiger partial charge in [0.15, 0.2) is 0 Å². The fourth-order valence-electron chi connectivity index (χ4n) is 3.51. The lowest BCUT2D eigenvalue weighted by molar-refractivity contribution is -0.132. The van der Waals surface area contributed by atoms with Crippen LogP contribution in [0.1, 0.15) is 37.9 Å². The average Bonchev–Trinajstić information content (AvgIpc) is 3.07. The van der Waals surface area contributed by atoms with E-state index in [1.54, 1.807) is 9.58 Å². The van der Waals surface area contributed by atoms with E-state index in [1.807, 2.05) is 68.4 Å². The number of nitrogens with one attached hydrogen (secondary N) is 1. The van der Waals surface area contributed by atoms with Crippen LogP contribution < -0.4 is 5.32 Å². The molecule has 0 radical (unpaired) electrons. The van der Waals surface area contributed by atoms with Crippen molar-refractivity contribution in [2.45, 2.75) is 40.5 Å². The van der Waals surface area contributed by atoms with Gasteiger partial charge < -0.3 is 10.2 Å². The van der Waals surface area contributed by atoms with Gasteiger partial charge in [0.25, 0.3) is 0 Å². The van der Waals surface area contributed by atoms with E-state index < -0.39 is 0 Å². The number of carbonyl (C=O) groups excluding carboxylic acids is 2. The van der Waals surface area contributed by atoms with Crippen LogP contribution in [-0.2, 0) is 9.59 Å². The smallest absolute Gasteiger partial charge is 0.245 e. The maximum absolute atomic E-state index is 13.0. The molecule has 0 saturated heterocycles. The maximum atomic E-state index is 13.0. The molecule has 0 aliphatic heterocycles. The van der Waals surface area contributed by atoms with Crippen LogP contribution in [0.5, 0.6) is 0 Å². The van der Waals surface area contributed by atoms with Crippen LogP contribution in [0.15, 0.2) is 54.6 Å². The molecule has 0 fully saturated rings. The molecule has 0 saturated carbocycles. The highest BCUT2D eigenvalue weighted by Crippen LogP contribution is 2.33. The molecular formula is C25H30N4O2. The fourth-order valence-corrected chi connectivity index (χ4v) is 3.51. The van der Waals surface area contributed by atoms with Gasteiger partial charge in [-0.15, -0.1) is 0 Å². The Kier molecular flexibility index (Phi) is 7.23. The topological polar surface area (TPSA) is 67.2 Å². The van der Waals surface area contributed by atoms with Gasteiger partial charge >= 0.3 is 0 Å². The van der Waals surface area contributed by atoms with E-state index >= 15 is 0 Å². The number of hydrogen-bond acceptors (Lipinski definition) is 3. The summed E-state index contributed by atoms with van der Waals surface area (Å²) in [6, 6.07) is 17.9. The summed E-state index contributed by atoms with van der Waals surface area (Å²) in [5.74, 6) is 0.267. The summed E-state index contributed by atoms with van der Waals surface area (Å²) >= 11 is 0. The van der Waals surface area contributed by atoms with Crippen LogP contribution >= 0.6 is 0 Å². The summed E-state index contributed by atoms with van der Waals surface area (Å²) in [6.07, 6.45) is 1.82. The van der Waals surface area contributed by atoms with Crippen molar-refractivity contribution < 1.29 is 9.59 Å². The van der Waals surface area contributed by atoms with Crippen molar-refractivity contribution in [1.82, 2.24) is 14.7 Å². The minimum atomic E-state index is -0.239. The first-order valence-corrected chi connectivity index (χ1v) is 10.7. The molecule has 162 valence electrons. The Morgan fingerprint density at radius 2 is 1.71 bits per heavy atom. The SMILES string of the molecule is CCCCN(CC(=O)Nc1c(-c2ccccc2)c(C)nn1-c1ccc(C)cc1)C(C)=O. The lowest BCUT2D eigenvalue weighted by Gasteiger charge is -2.20. The molecule has 0 aliphatic rings. The van der Waals surface area contributed by atoms with E-state index in [9.17, 15) is 9.59 Å². The minimum absolute atomic E-state index is 0.0156. The predicted octanol–water partition coefficient (Wildman–Crippen LogP) is 4.74. The number of anilines is 1. The summed E-state index contributed by atoms with van der Waals surface area (Å²) in [7, 11) is 0. The number of aromatic nitrogens is 2. The van der Waals surface area contributed by atoms with E-state index in [0.717, 1.165) is 40.9 Å². The van der Waals surface area contributed by atoms with Crippen molar-refractivity contribution in [3.05, 3.63) is 65.9 Å². The van der Waals surface area contributed by atoms with E-state index in [0.29, 0.717) is 12.4 Å². The molecule has 1 aromatic heterocycles. The van der Waals surface area contributed by atoms with Crippen molar-refractivity contribution in [2.75, 3.05) is 18.4 Å². The third-order valence-electron chi connectivity index (χ3n) is 5.22. The van der Waals surface area contributed by atoms with Gasteiger partial charge in [0.2, 0.25) is 11.8 Å². The molecule has 1 heterocycles. The second-order valence-electron chi connectivity index (χ2n) is 7.76. The van der Waals surface area contributed by atoms with Crippen molar-refractivity contribution >= 4 is 17.6 Å². The highest BCUT2D eigenvalue weighted by atomic mass is 16.2. The fraction of sp³-hybridized carbons (Fsp3) is 0.320. The lowest BCUT2D eigenvalue weighted by atomic mass is 10.1. The standard InChI is InChI=1S/C25H30N4O2/c1-5-6-16-28(20(4)30)17-23(31)26-25-24(21-10-8-7-9-11-21)19(3)27-29(25)22-14-12-18(2)13-15-22/h7-15H,5-6,16-17H2,1-4H3,(H,26,31). The largest absolute Gasteiger partial charge is 0.334 e. The number of amides is 2. The number of aryl methyl sites for hydroxylation is 2. The molecule has 0 atom stereocenters. The van der Waals surface area contributed by atoms with E-state index in [2.05, 4.69) is 12.2 Å². The Morgan fingerprint density at radius 3 is 2.32 bits per heavy atom. The molecule has 6 nitrogen and oxygen atoms in total. The Labute approximate surface area is 183 Å². The molecule has 2 aromatic carbocycles. The molecule has 6 heteroatoms. The first-order chi connectivity index (χ1) is 14.9. The van der Waals surface area contributed by atoms with Gasteiger partial charge in [0.1, 0.15) is 5.82 Å². The van der Waals surface area contributed by atoms with Crippen molar-refractivity contribution in [2.24, 2.45) is 0 Å². The Hall–Kier alpha value is -3.41. The maximum Gasteiger partial charge on any atom is 0.245 e. The van der Waals surface area contributed by atoms with E-state index in [-0.39, 0.29) is 18.4 Å². The van der Waals surface area contributed by atoms with Gasteiger partial charge in [-0.1, -0.05) is 61.4 Å². The summed E-state index contributed by atoms with van der Waals surface area (Å²) in [6.45, 7) is 8.11. The van der Waals surface area contributed by atoms with Gasteiger partial charge in [-0.05, 0) is 38.0 Å². The first kappa shape index (κ1) is 22.3. The van der Waals surface area contributed by atoms with Gasteiger partial charge in [-0.3, -0.25) is 9.59 Å². The molecule has 0 spiro atoms. The minimum Gasteiger partial charge on any atom is -0.334 e. The second-order valence-corrected chi connectivity index (χ2v) is 7.76. The van der Waals surface area contributed by atoms with Gasteiger partial charge in [-0.2, -0.15) is 5.10 Å². The summed E-state index contributed by atoms with van der Waals surface area (Å²) in [5.41, 5.74) is 4.67.